The van der Waals surface area contributed by atoms with Crippen molar-refractivity contribution in [1.29, 1.82) is 0 Å². The molecule has 2 unspecified atom stereocenters. The summed E-state index contributed by atoms with van der Waals surface area (Å²) in [6, 6.07) is 0. The lowest BCUT2D eigenvalue weighted by atomic mass is 10.4. The van der Waals surface area contributed by atoms with Gasteiger partial charge in [-0.2, -0.15) is 0 Å². The molecule has 0 aromatic rings. The Labute approximate surface area is 132 Å². The Morgan fingerprint density at radius 1 is 0.818 bits per heavy atom. The highest BCUT2D eigenvalue weighted by Crippen LogP contribution is 2.00. The zero-order chi connectivity index (χ0) is 16.8. The molecule has 0 aliphatic rings. The standard InChI is InChI=1S/C16H28O6/c1-5-7-11-19-13(3)21-15(17)9-10-16(18)22-14(4)20-12-8-6-2/h9-10,13-14H,5-8,11-12H2,1-4H3/b10-9+. The number of carbonyl (C=O) groups excluding carboxylic acids is 2. The third-order valence-electron chi connectivity index (χ3n) is 2.62. The van der Waals surface area contributed by atoms with E-state index in [1.54, 1.807) is 13.8 Å². The van der Waals surface area contributed by atoms with Crippen molar-refractivity contribution in [1.82, 2.24) is 0 Å². The van der Waals surface area contributed by atoms with Gasteiger partial charge < -0.3 is 18.9 Å². The Balaban J connectivity index is 3.92. The molecule has 0 saturated carbocycles. The monoisotopic (exact) mass is 316 g/mol. The lowest BCUT2D eigenvalue weighted by Crippen LogP contribution is -2.19. The van der Waals surface area contributed by atoms with Crippen molar-refractivity contribution >= 4 is 11.9 Å². The molecule has 0 fully saturated rings. The Morgan fingerprint density at radius 2 is 1.18 bits per heavy atom. The molecule has 0 bridgehead atoms. The Hall–Kier alpha value is -1.40. The van der Waals surface area contributed by atoms with Crippen molar-refractivity contribution < 1.29 is 28.5 Å². The first-order chi connectivity index (χ1) is 10.5. The van der Waals surface area contributed by atoms with Gasteiger partial charge in [0.2, 0.25) is 0 Å². The number of rotatable bonds is 12. The van der Waals surface area contributed by atoms with Crippen LogP contribution < -0.4 is 0 Å². The van der Waals surface area contributed by atoms with Crippen molar-refractivity contribution in [3.8, 4) is 0 Å². The summed E-state index contributed by atoms with van der Waals surface area (Å²) < 4.78 is 20.4. The minimum atomic E-state index is -0.652. The van der Waals surface area contributed by atoms with Gasteiger partial charge in [0.15, 0.2) is 12.6 Å². The highest BCUT2D eigenvalue weighted by atomic mass is 16.7. The largest absolute Gasteiger partial charge is 0.433 e. The van der Waals surface area contributed by atoms with Gasteiger partial charge in [-0.3, -0.25) is 0 Å². The van der Waals surface area contributed by atoms with Crippen molar-refractivity contribution in [2.75, 3.05) is 13.2 Å². The quantitative estimate of drug-likeness (QED) is 0.239. The Morgan fingerprint density at radius 3 is 1.50 bits per heavy atom. The highest BCUT2D eigenvalue weighted by Gasteiger charge is 2.09. The van der Waals surface area contributed by atoms with Gasteiger partial charge in [-0.25, -0.2) is 9.59 Å². The molecule has 22 heavy (non-hydrogen) atoms. The number of ether oxygens (including phenoxy) is 4. The summed E-state index contributed by atoms with van der Waals surface area (Å²) in [6.45, 7) is 8.40. The molecule has 2 atom stereocenters. The van der Waals surface area contributed by atoms with E-state index >= 15 is 0 Å². The average Bonchev–Trinajstić information content (AvgIpc) is 2.45. The van der Waals surface area contributed by atoms with Gasteiger partial charge in [0, 0.05) is 12.2 Å². The summed E-state index contributed by atoms with van der Waals surface area (Å²) >= 11 is 0. The maximum absolute atomic E-state index is 11.5. The predicted molar refractivity (Wildman–Crippen MR) is 82.0 cm³/mol. The van der Waals surface area contributed by atoms with Crippen LogP contribution in [-0.2, 0) is 28.5 Å². The molecule has 0 rings (SSSR count). The Bertz CT molecular complexity index is 308. The van der Waals surface area contributed by atoms with Crippen LogP contribution in [-0.4, -0.2) is 37.7 Å². The number of hydrogen-bond donors (Lipinski definition) is 0. The molecular weight excluding hydrogens is 288 g/mol. The van der Waals surface area contributed by atoms with E-state index in [0.717, 1.165) is 37.8 Å². The molecule has 0 amide bonds. The second kappa shape index (κ2) is 13.3. The second-order valence-electron chi connectivity index (χ2n) is 4.79. The SMILES string of the molecule is CCCCOC(C)OC(=O)/C=C/C(=O)OC(C)OCCCC. The van der Waals surface area contributed by atoms with Crippen molar-refractivity contribution in [3.63, 3.8) is 0 Å². The lowest BCUT2D eigenvalue weighted by Gasteiger charge is -2.13. The van der Waals surface area contributed by atoms with E-state index in [1.807, 2.05) is 13.8 Å². The highest BCUT2D eigenvalue weighted by molar-refractivity contribution is 5.91. The maximum Gasteiger partial charge on any atom is 0.333 e. The molecule has 0 aliphatic heterocycles. The van der Waals surface area contributed by atoms with Crippen molar-refractivity contribution in [2.24, 2.45) is 0 Å². The third-order valence-corrected chi connectivity index (χ3v) is 2.62. The van der Waals surface area contributed by atoms with E-state index in [9.17, 15) is 9.59 Å². The lowest BCUT2D eigenvalue weighted by molar-refractivity contribution is -0.171. The topological polar surface area (TPSA) is 71.1 Å². The van der Waals surface area contributed by atoms with Crippen molar-refractivity contribution in [3.05, 3.63) is 12.2 Å². The molecule has 128 valence electrons. The molecule has 0 aromatic heterocycles. The number of carbonyl (C=O) groups is 2. The average molecular weight is 316 g/mol. The predicted octanol–water partition coefficient (Wildman–Crippen LogP) is 2.95. The van der Waals surface area contributed by atoms with Crippen LogP contribution in [0.1, 0.15) is 53.4 Å². The fourth-order valence-corrected chi connectivity index (χ4v) is 1.40. The Kier molecular flexibility index (Phi) is 12.4. The molecule has 6 heteroatoms. The molecule has 0 aromatic carbocycles. The zero-order valence-corrected chi connectivity index (χ0v) is 14.0. The second-order valence-corrected chi connectivity index (χ2v) is 4.79. The van der Waals surface area contributed by atoms with Gasteiger partial charge in [-0.1, -0.05) is 26.7 Å². The van der Waals surface area contributed by atoms with Gasteiger partial charge in [0.05, 0.1) is 13.2 Å². The smallest absolute Gasteiger partial charge is 0.333 e. The van der Waals surface area contributed by atoms with Crippen LogP contribution >= 0.6 is 0 Å². The van der Waals surface area contributed by atoms with Crippen LogP contribution in [0, 0.1) is 0 Å². The normalized spacial score (nSPS) is 13.8. The van der Waals surface area contributed by atoms with E-state index in [0.29, 0.717) is 13.2 Å². The van der Waals surface area contributed by atoms with E-state index in [-0.39, 0.29) is 0 Å². The van der Waals surface area contributed by atoms with Crippen LogP contribution in [0.5, 0.6) is 0 Å². The van der Waals surface area contributed by atoms with Gasteiger partial charge in [0.25, 0.3) is 0 Å². The summed E-state index contributed by atoms with van der Waals surface area (Å²) in [7, 11) is 0. The zero-order valence-electron chi connectivity index (χ0n) is 14.0. The van der Waals surface area contributed by atoms with E-state index in [4.69, 9.17) is 18.9 Å². The summed E-state index contributed by atoms with van der Waals surface area (Å²) in [5, 5.41) is 0. The van der Waals surface area contributed by atoms with E-state index < -0.39 is 24.5 Å². The van der Waals surface area contributed by atoms with Crippen LogP contribution in [0.25, 0.3) is 0 Å². The van der Waals surface area contributed by atoms with Crippen LogP contribution in [0.15, 0.2) is 12.2 Å². The molecule has 0 radical (unpaired) electrons. The maximum atomic E-state index is 11.5. The minimum Gasteiger partial charge on any atom is -0.433 e. The minimum absolute atomic E-state index is 0.531. The first-order valence-electron chi connectivity index (χ1n) is 7.82. The number of hydrogen-bond acceptors (Lipinski definition) is 6. The van der Waals surface area contributed by atoms with Crippen LogP contribution in [0.2, 0.25) is 0 Å². The molecule has 0 N–H and O–H groups in total. The van der Waals surface area contributed by atoms with Crippen LogP contribution in [0.4, 0.5) is 0 Å². The molecule has 0 heterocycles. The van der Waals surface area contributed by atoms with E-state index in [1.165, 1.54) is 0 Å². The summed E-state index contributed by atoms with van der Waals surface area (Å²) in [4.78, 5) is 22.9. The third kappa shape index (κ3) is 12.3. The summed E-state index contributed by atoms with van der Waals surface area (Å²) in [6.07, 6.45) is 4.56. The number of unbranched alkanes of at least 4 members (excludes halogenated alkanes) is 2. The summed E-state index contributed by atoms with van der Waals surface area (Å²) in [5.74, 6) is -1.30. The fraction of sp³-hybridized carbons (Fsp3) is 0.750. The molecule has 0 aliphatic carbocycles. The molecule has 0 spiro atoms. The first kappa shape index (κ1) is 20.6. The first-order valence-corrected chi connectivity index (χ1v) is 7.82. The molecule has 0 saturated heterocycles. The van der Waals surface area contributed by atoms with Crippen molar-refractivity contribution in [2.45, 2.75) is 66.0 Å². The van der Waals surface area contributed by atoms with Crippen LogP contribution in [0.3, 0.4) is 0 Å². The van der Waals surface area contributed by atoms with Gasteiger partial charge in [0.1, 0.15) is 0 Å². The molecule has 6 nitrogen and oxygen atoms in total. The fourth-order valence-electron chi connectivity index (χ4n) is 1.40. The van der Waals surface area contributed by atoms with Gasteiger partial charge >= 0.3 is 11.9 Å². The molecular formula is C16H28O6. The summed E-state index contributed by atoms with van der Waals surface area (Å²) in [5.41, 5.74) is 0. The van der Waals surface area contributed by atoms with E-state index in [2.05, 4.69) is 0 Å². The van der Waals surface area contributed by atoms with Gasteiger partial charge in [-0.15, -0.1) is 0 Å². The van der Waals surface area contributed by atoms with Gasteiger partial charge in [-0.05, 0) is 26.7 Å². The number of esters is 2.